The maximum Gasteiger partial charge on any atom is 0.305 e. The van der Waals surface area contributed by atoms with E-state index in [4.69, 9.17) is 21.4 Å². The van der Waals surface area contributed by atoms with Crippen molar-refractivity contribution >= 4 is 23.5 Å². The van der Waals surface area contributed by atoms with Gasteiger partial charge in [0.2, 0.25) is 0 Å². The highest BCUT2D eigenvalue weighted by atomic mass is 35.5. The van der Waals surface area contributed by atoms with E-state index < -0.39 is 5.97 Å². The van der Waals surface area contributed by atoms with Gasteiger partial charge >= 0.3 is 5.97 Å². The lowest BCUT2D eigenvalue weighted by atomic mass is 10.4. The number of amides is 1. The maximum absolute atomic E-state index is 11.8. The Morgan fingerprint density at radius 3 is 2.84 bits per heavy atom. The molecule has 0 unspecified atom stereocenters. The summed E-state index contributed by atoms with van der Waals surface area (Å²) in [5, 5.41) is 11.6. The van der Waals surface area contributed by atoms with Gasteiger partial charge in [0.1, 0.15) is 5.69 Å². The van der Waals surface area contributed by atoms with Crippen molar-refractivity contribution in [3.05, 3.63) is 23.0 Å². The van der Waals surface area contributed by atoms with Crippen LogP contribution in [0.2, 0.25) is 5.02 Å². The third-order valence-electron chi connectivity index (χ3n) is 2.43. The molecule has 1 aromatic rings. The molecule has 0 aliphatic heterocycles. The number of hydrogen-bond donors (Lipinski definition) is 2. The molecule has 0 aromatic carbocycles. The summed E-state index contributed by atoms with van der Waals surface area (Å²) in [6.07, 6.45) is 1.65. The van der Waals surface area contributed by atoms with E-state index >= 15 is 0 Å². The van der Waals surface area contributed by atoms with Gasteiger partial charge in [-0.1, -0.05) is 11.6 Å². The third-order valence-corrected chi connectivity index (χ3v) is 2.64. The second-order valence-corrected chi connectivity index (χ2v) is 4.28. The number of aliphatic carboxylic acids is 1. The van der Waals surface area contributed by atoms with Gasteiger partial charge in [-0.2, -0.15) is 0 Å². The number of aryl methyl sites for hydroxylation is 1. The van der Waals surface area contributed by atoms with E-state index in [0.717, 1.165) is 0 Å². The normalized spacial score (nSPS) is 10.4. The van der Waals surface area contributed by atoms with Crippen LogP contribution in [0.1, 0.15) is 23.8 Å². The highest BCUT2D eigenvalue weighted by Crippen LogP contribution is 2.13. The molecule has 106 valence electrons. The Balaban J connectivity index is 2.29. The molecular formula is C12H17ClN2O4. The summed E-state index contributed by atoms with van der Waals surface area (Å²) < 4.78 is 6.82. The van der Waals surface area contributed by atoms with Crippen molar-refractivity contribution in [1.29, 1.82) is 0 Å². The Morgan fingerprint density at radius 2 is 2.21 bits per heavy atom. The van der Waals surface area contributed by atoms with Crippen LogP contribution in [0.3, 0.4) is 0 Å². The van der Waals surface area contributed by atoms with E-state index in [0.29, 0.717) is 23.8 Å². The van der Waals surface area contributed by atoms with Crippen LogP contribution in [0.15, 0.2) is 12.3 Å². The third kappa shape index (κ3) is 5.32. The van der Waals surface area contributed by atoms with Gasteiger partial charge in [-0.05, 0) is 13.0 Å². The van der Waals surface area contributed by atoms with Crippen molar-refractivity contribution in [3.8, 4) is 0 Å². The van der Waals surface area contributed by atoms with Gasteiger partial charge in [-0.25, -0.2) is 0 Å². The van der Waals surface area contributed by atoms with Crippen LogP contribution in [-0.4, -0.2) is 41.3 Å². The molecular weight excluding hydrogens is 272 g/mol. The minimum absolute atomic E-state index is 0.0394. The van der Waals surface area contributed by atoms with Crippen molar-refractivity contribution in [2.75, 3.05) is 19.8 Å². The maximum atomic E-state index is 11.8. The first kappa shape index (κ1) is 15.5. The zero-order valence-electron chi connectivity index (χ0n) is 10.7. The summed E-state index contributed by atoms with van der Waals surface area (Å²) in [5.74, 6) is -1.13. The van der Waals surface area contributed by atoms with Crippen LogP contribution < -0.4 is 5.32 Å². The molecule has 1 rings (SSSR count). The smallest absolute Gasteiger partial charge is 0.305 e. The summed E-state index contributed by atoms with van der Waals surface area (Å²) in [5.41, 5.74) is 0.498. The summed E-state index contributed by atoms with van der Waals surface area (Å²) in [4.78, 5) is 22.1. The lowest BCUT2D eigenvalue weighted by molar-refractivity contribution is -0.138. The highest BCUT2D eigenvalue weighted by Gasteiger charge is 2.11. The zero-order chi connectivity index (χ0) is 14.3. The Kier molecular flexibility index (Phi) is 6.38. The Hall–Kier alpha value is -1.53. The lowest BCUT2D eigenvalue weighted by Gasteiger charge is -2.07. The van der Waals surface area contributed by atoms with Gasteiger partial charge in [-0.3, -0.25) is 9.59 Å². The van der Waals surface area contributed by atoms with E-state index in [-0.39, 0.29) is 25.5 Å². The van der Waals surface area contributed by atoms with E-state index in [2.05, 4.69) is 5.32 Å². The minimum Gasteiger partial charge on any atom is -0.481 e. The molecule has 0 aliphatic rings. The number of nitrogens with zero attached hydrogens (tertiary/aromatic N) is 1. The number of carbonyl (C=O) groups excluding carboxylic acids is 1. The number of carboxylic acids is 1. The number of aromatic nitrogens is 1. The van der Waals surface area contributed by atoms with Crippen molar-refractivity contribution in [2.24, 2.45) is 0 Å². The van der Waals surface area contributed by atoms with Crippen molar-refractivity contribution in [3.63, 3.8) is 0 Å². The Labute approximate surface area is 116 Å². The quantitative estimate of drug-likeness (QED) is 0.708. The number of hydrogen-bond acceptors (Lipinski definition) is 3. The van der Waals surface area contributed by atoms with Crippen molar-refractivity contribution in [2.45, 2.75) is 19.9 Å². The summed E-state index contributed by atoms with van der Waals surface area (Å²) in [7, 11) is 0. The van der Waals surface area contributed by atoms with E-state index in [1.165, 1.54) is 0 Å². The van der Waals surface area contributed by atoms with Crippen LogP contribution in [0.4, 0.5) is 0 Å². The second-order valence-electron chi connectivity index (χ2n) is 3.84. The van der Waals surface area contributed by atoms with Gasteiger partial charge in [0.05, 0.1) is 24.7 Å². The molecule has 0 saturated carbocycles. The lowest BCUT2D eigenvalue weighted by Crippen LogP contribution is -2.29. The molecule has 1 amide bonds. The fourth-order valence-electron chi connectivity index (χ4n) is 1.52. The van der Waals surface area contributed by atoms with Crippen molar-refractivity contribution in [1.82, 2.24) is 9.88 Å². The van der Waals surface area contributed by atoms with Crippen LogP contribution in [0.5, 0.6) is 0 Å². The molecule has 0 aliphatic carbocycles. The van der Waals surface area contributed by atoms with Gasteiger partial charge in [0.25, 0.3) is 5.91 Å². The standard InChI is InChI=1S/C12H17ClN2O4/c1-2-15-8-9(13)7-10(15)12(18)14-4-6-19-5-3-11(16)17/h7-8H,2-6H2,1H3,(H,14,18)(H,16,17). The zero-order valence-corrected chi connectivity index (χ0v) is 11.4. The molecule has 0 bridgehead atoms. The molecule has 6 nitrogen and oxygen atoms in total. The molecule has 0 radical (unpaired) electrons. The van der Waals surface area contributed by atoms with Gasteiger partial charge in [0, 0.05) is 19.3 Å². The minimum atomic E-state index is -0.903. The predicted molar refractivity (Wildman–Crippen MR) is 70.5 cm³/mol. The van der Waals surface area contributed by atoms with Crippen molar-refractivity contribution < 1.29 is 19.4 Å². The summed E-state index contributed by atoms with van der Waals surface area (Å²) in [6.45, 7) is 3.32. The number of ether oxygens (including phenoxy) is 1. The summed E-state index contributed by atoms with van der Waals surface area (Å²) in [6, 6.07) is 1.60. The second kappa shape index (κ2) is 7.81. The highest BCUT2D eigenvalue weighted by molar-refractivity contribution is 6.31. The predicted octanol–water partition coefficient (Wildman–Crippen LogP) is 1.38. The summed E-state index contributed by atoms with van der Waals surface area (Å²) >= 11 is 5.84. The first-order valence-corrected chi connectivity index (χ1v) is 6.35. The van der Waals surface area contributed by atoms with E-state index in [9.17, 15) is 9.59 Å². The molecule has 0 saturated heterocycles. The molecule has 19 heavy (non-hydrogen) atoms. The van der Waals surface area contributed by atoms with Crippen LogP contribution in [-0.2, 0) is 16.1 Å². The average Bonchev–Trinajstić information content (AvgIpc) is 2.74. The number of carboxylic acid groups (broad SMARTS) is 1. The fraction of sp³-hybridized carbons (Fsp3) is 0.500. The van der Waals surface area contributed by atoms with Crippen LogP contribution >= 0.6 is 11.6 Å². The SMILES string of the molecule is CCn1cc(Cl)cc1C(=O)NCCOCCC(=O)O. The Morgan fingerprint density at radius 1 is 1.47 bits per heavy atom. The number of rotatable bonds is 8. The fourth-order valence-corrected chi connectivity index (χ4v) is 1.74. The van der Waals surface area contributed by atoms with Gasteiger partial charge in [0.15, 0.2) is 0 Å². The first-order chi connectivity index (χ1) is 9.04. The molecule has 0 fully saturated rings. The molecule has 2 N–H and O–H groups in total. The van der Waals surface area contributed by atoms with E-state index in [1.54, 1.807) is 16.8 Å². The number of halogens is 1. The first-order valence-electron chi connectivity index (χ1n) is 5.98. The number of carbonyl (C=O) groups is 2. The largest absolute Gasteiger partial charge is 0.481 e. The number of nitrogens with one attached hydrogen (secondary N) is 1. The van der Waals surface area contributed by atoms with Gasteiger partial charge in [-0.15, -0.1) is 0 Å². The molecule has 1 aromatic heterocycles. The monoisotopic (exact) mass is 288 g/mol. The average molecular weight is 289 g/mol. The topological polar surface area (TPSA) is 80.6 Å². The van der Waals surface area contributed by atoms with Gasteiger partial charge < -0.3 is 19.7 Å². The van der Waals surface area contributed by atoms with Crippen LogP contribution in [0.25, 0.3) is 0 Å². The molecule has 7 heteroatoms. The Bertz CT molecular complexity index is 445. The molecule has 1 heterocycles. The van der Waals surface area contributed by atoms with E-state index in [1.807, 2.05) is 6.92 Å². The molecule has 0 atom stereocenters. The molecule has 0 spiro atoms. The van der Waals surface area contributed by atoms with Crippen LogP contribution in [0, 0.1) is 0 Å².